The monoisotopic (exact) mass is 400 g/mol. The van der Waals surface area contributed by atoms with Crippen LogP contribution in [0.15, 0.2) is 96.4 Å². The van der Waals surface area contributed by atoms with E-state index >= 15 is 0 Å². The first-order valence-electron chi connectivity index (χ1n) is 9.29. The van der Waals surface area contributed by atoms with Crippen molar-refractivity contribution < 1.29 is 4.79 Å². The Kier molecular flexibility index (Phi) is 6.02. The molecule has 1 heterocycles. The highest BCUT2D eigenvalue weighted by Crippen LogP contribution is 2.22. The first-order valence-corrected chi connectivity index (χ1v) is 10.3. The van der Waals surface area contributed by atoms with Crippen LogP contribution in [0.2, 0.25) is 0 Å². The van der Waals surface area contributed by atoms with Gasteiger partial charge in [-0.25, -0.2) is 0 Å². The largest absolute Gasteiger partial charge is 0.325 e. The maximum absolute atomic E-state index is 12.6. The van der Waals surface area contributed by atoms with E-state index in [1.54, 1.807) is 6.33 Å². The maximum Gasteiger partial charge on any atom is 0.234 e. The second-order valence-corrected chi connectivity index (χ2v) is 7.42. The summed E-state index contributed by atoms with van der Waals surface area (Å²) in [6.07, 6.45) is 2.43. The van der Waals surface area contributed by atoms with Gasteiger partial charge in [-0.2, -0.15) is 0 Å². The van der Waals surface area contributed by atoms with Gasteiger partial charge in [-0.3, -0.25) is 9.36 Å². The Morgan fingerprint density at radius 3 is 2.38 bits per heavy atom. The third kappa shape index (κ3) is 4.92. The zero-order chi connectivity index (χ0) is 19.9. The van der Waals surface area contributed by atoms with Crippen LogP contribution in [0.25, 0.3) is 5.69 Å². The predicted molar refractivity (Wildman–Crippen MR) is 116 cm³/mol. The van der Waals surface area contributed by atoms with Crippen LogP contribution in [-0.4, -0.2) is 26.4 Å². The summed E-state index contributed by atoms with van der Waals surface area (Å²) in [5.74, 6) is 0.184. The molecule has 1 amide bonds. The highest BCUT2D eigenvalue weighted by Gasteiger charge is 2.12. The van der Waals surface area contributed by atoms with E-state index in [1.165, 1.54) is 17.3 Å². The number of hydrogen-bond donors (Lipinski definition) is 1. The van der Waals surface area contributed by atoms with Crippen LogP contribution in [0.3, 0.4) is 0 Å². The number of nitrogens with one attached hydrogen (secondary N) is 1. The number of amides is 1. The fourth-order valence-electron chi connectivity index (χ4n) is 3.02. The van der Waals surface area contributed by atoms with Gasteiger partial charge in [0.25, 0.3) is 0 Å². The third-order valence-electron chi connectivity index (χ3n) is 4.41. The molecule has 1 N–H and O–H groups in total. The van der Waals surface area contributed by atoms with Crippen LogP contribution in [0.5, 0.6) is 0 Å². The van der Waals surface area contributed by atoms with E-state index in [-0.39, 0.29) is 11.7 Å². The predicted octanol–water partition coefficient (Wildman–Crippen LogP) is 4.59. The topological polar surface area (TPSA) is 59.8 Å². The lowest BCUT2D eigenvalue weighted by molar-refractivity contribution is -0.113. The quantitative estimate of drug-likeness (QED) is 0.461. The molecule has 29 heavy (non-hydrogen) atoms. The van der Waals surface area contributed by atoms with Crippen molar-refractivity contribution in [2.75, 3.05) is 11.1 Å². The zero-order valence-electron chi connectivity index (χ0n) is 15.7. The van der Waals surface area contributed by atoms with Gasteiger partial charge in [-0.05, 0) is 35.7 Å². The average Bonchev–Trinajstić information content (AvgIpc) is 3.24. The molecule has 0 spiro atoms. The van der Waals surface area contributed by atoms with Crippen LogP contribution >= 0.6 is 11.8 Å². The van der Waals surface area contributed by atoms with E-state index < -0.39 is 0 Å². The van der Waals surface area contributed by atoms with Gasteiger partial charge < -0.3 is 5.32 Å². The summed E-state index contributed by atoms with van der Waals surface area (Å²) in [4.78, 5) is 12.6. The molecule has 0 saturated heterocycles. The van der Waals surface area contributed by atoms with Crippen LogP contribution in [0.4, 0.5) is 5.69 Å². The van der Waals surface area contributed by atoms with Gasteiger partial charge in [-0.15, -0.1) is 10.2 Å². The molecule has 0 aliphatic rings. The van der Waals surface area contributed by atoms with Crippen molar-refractivity contribution in [2.24, 2.45) is 0 Å². The fraction of sp³-hybridized carbons (Fsp3) is 0.0870. The van der Waals surface area contributed by atoms with Crippen molar-refractivity contribution in [1.29, 1.82) is 0 Å². The standard InChI is InChI=1S/C23H20N4OS/c28-22(16-29-23-26-24-17-27(23)20-12-5-2-6-13-20)25-21-14-8-7-11-19(21)15-18-9-3-1-4-10-18/h1-14,17H,15-16H2,(H,25,28). The Bertz CT molecular complexity index is 1080. The molecule has 0 radical (unpaired) electrons. The maximum atomic E-state index is 12.6. The summed E-state index contributed by atoms with van der Waals surface area (Å²) in [6, 6.07) is 28.0. The molecule has 4 rings (SSSR count). The van der Waals surface area contributed by atoms with Crippen molar-refractivity contribution in [3.8, 4) is 5.69 Å². The average molecular weight is 401 g/mol. The van der Waals surface area contributed by atoms with Gasteiger partial charge >= 0.3 is 0 Å². The summed E-state index contributed by atoms with van der Waals surface area (Å²) >= 11 is 1.36. The minimum absolute atomic E-state index is 0.0712. The normalized spacial score (nSPS) is 10.6. The summed E-state index contributed by atoms with van der Waals surface area (Å²) in [7, 11) is 0. The van der Waals surface area contributed by atoms with Gasteiger partial charge in [0.2, 0.25) is 5.91 Å². The van der Waals surface area contributed by atoms with E-state index in [2.05, 4.69) is 27.6 Å². The first-order chi connectivity index (χ1) is 14.3. The van der Waals surface area contributed by atoms with Crippen LogP contribution < -0.4 is 5.32 Å². The number of hydrogen-bond acceptors (Lipinski definition) is 4. The first kappa shape index (κ1) is 19.0. The second-order valence-electron chi connectivity index (χ2n) is 6.48. The third-order valence-corrected chi connectivity index (χ3v) is 5.36. The van der Waals surface area contributed by atoms with Crippen molar-refractivity contribution in [3.05, 3.63) is 102 Å². The van der Waals surface area contributed by atoms with E-state index in [9.17, 15) is 4.79 Å². The molecule has 0 bridgehead atoms. The number of nitrogens with zero attached hydrogens (tertiary/aromatic N) is 3. The molecule has 0 unspecified atom stereocenters. The van der Waals surface area contributed by atoms with Crippen LogP contribution in [0.1, 0.15) is 11.1 Å². The molecule has 0 fully saturated rings. The van der Waals surface area contributed by atoms with E-state index in [4.69, 9.17) is 0 Å². The Balaban J connectivity index is 1.41. The molecule has 5 nitrogen and oxygen atoms in total. The van der Waals surface area contributed by atoms with Gasteiger partial charge in [0.15, 0.2) is 5.16 Å². The number of para-hydroxylation sites is 2. The van der Waals surface area contributed by atoms with Crippen molar-refractivity contribution in [1.82, 2.24) is 14.8 Å². The number of rotatable bonds is 7. The number of carbonyl (C=O) groups excluding carboxylic acids is 1. The molecule has 0 saturated carbocycles. The molecule has 0 aliphatic heterocycles. The molecule has 3 aromatic carbocycles. The van der Waals surface area contributed by atoms with Gasteiger partial charge in [0, 0.05) is 11.4 Å². The summed E-state index contributed by atoms with van der Waals surface area (Å²) in [5, 5.41) is 11.8. The van der Waals surface area contributed by atoms with E-state index in [0.29, 0.717) is 5.16 Å². The lowest BCUT2D eigenvalue weighted by Crippen LogP contribution is -2.16. The molecule has 144 valence electrons. The number of aromatic nitrogens is 3. The number of carbonyl (C=O) groups is 1. The Morgan fingerprint density at radius 2 is 1.59 bits per heavy atom. The summed E-state index contributed by atoms with van der Waals surface area (Å²) in [5.41, 5.74) is 4.10. The van der Waals surface area contributed by atoms with Crippen LogP contribution in [-0.2, 0) is 11.2 Å². The lowest BCUT2D eigenvalue weighted by atomic mass is 10.0. The number of thioether (sulfide) groups is 1. The Labute approximate surface area is 173 Å². The molecular formula is C23H20N4OS. The van der Waals surface area contributed by atoms with E-state index in [0.717, 1.165) is 23.4 Å². The van der Waals surface area contributed by atoms with Crippen molar-refractivity contribution in [2.45, 2.75) is 11.6 Å². The Morgan fingerprint density at radius 1 is 0.897 bits per heavy atom. The minimum atomic E-state index is -0.0712. The number of benzene rings is 3. The van der Waals surface area contributed by atoms with E-state index in [1.807, 2.05) is 77.4 Å². The highest BCUT2D eigenvalue weighted by molar-refractivity contribution is 7.99. The van der Waals surface area contributed by atoms with Crippen molar-refractivity contribution >= 4 is 23.4 Å². The van der Waals surface area contributed by atoms with Crippen LogP contribution in [0, 0.1) is 0 Å². The summed E-state index contributed by atoms with van der Waals surface area (Å²) in [6.45, 7) is 0. The van der Waals surface area contributed by atoms with Gasteiger partial charge in [0.1, 0.15) is 6.33 Å². The highest BCUT2D eigenvalue weighted by atomic mass is 32.2. The smallest absolute Gasteiger partial charge is 0.234 e. The summed E-state index contributed by atoms with van der Waals surface area (Å²) < 4.78 is 1.88. The molecular weight excluding hydrogens is 380 g/mol. The zero-order valence-corrected chi connectivity index (χ0v) is 16.5. The lowest BCUT2D eigenvalue weighted by Gasteiger charge is -2.11. The SMILES string of the molecule is O=C(CSc1nncn1-c1ccccc1)Nc1ccccc1Cc1ccccc1. The minimum Gasteiger partial charge on any atom is -0.325 e. The molecule has 0 atom stereocenters. The fourth-order valence-corrected chi connectivity index (χ4v) is 3.75. The molecule has 1 aromatic heterocycles. The molecule has 0 aliphatic carbocycles. The molecule has 4 aromatic rings. The van der Waals surface area contributed by atoms with Gasteiger partial charge in [-0.1, -0.05) is 78.5 Å². The molecule has 6 heteroatoms. The Hall–Kier alpha value is -3.38. The number of anilines is 1. The van der Waals surface area contributed by atoms with Gasteiger partial charge in [0.05, 0.1) is 5.75 Å². The van der Waals surface area contributed by atoms with Crippen molar-refractivity contribution in [3.63, 3.8) is 0 Å². The second kappa shape index (κ2) is 9.21.